The van der Waals surface area contributed by atoms with Crippen LogP contribution in [0.4, 0.5) is 5.82 Å². The third-order valence-corrected chi connectivity index (χ3v) is 1.90. The van der Waals surface area contributed by atoms with E-state index in [4.69, 9.17) is 5.73 Å². The van der Waals surface area contributed by atoms with Crippen LogP contribution >= 0.6 is 0 Å². The van der Waals surface area contributed by atoms with Crippen LogP contribution in [-0.2, 0) is 11.8 Å². The highest BCUT2D eigenvalue weighted by Gasteiger charge is 2.12. The highest BCUT2D eigenvalue weighted by Crippen LogP contribution is 2.03. The van der Waals surface area contributed by atoms with Crippen LogP contribution in [-0.4, -0.2) is 21.7 Å². The second-order valence-corrected chi connectivity index (χ2v) is 3.26. The van der Waals surface area contributed by atoms with Gasteiger partial charge < -0.3 is 11.1 Å². The van der Waals surface area contributed by atoms with Crippen LogP contribution in [0, 0.1) is 0 Å². The monoisotopic (exact) mass is 196 g/mol. The van der Waals surface area contributed by atoms with Gasteiger partial charge in [0.05, 0.1) is 6.04 Å². The molecule has 0 aliphatic heterocycles. The number of hydrogen-bond acceptors (Lipinski definition) is 3. The number of amides is 1. The molecule has 78 valence electrons. The summed E-state index contributed by atoms with van der Waals surface area (Å²) >= 11 is 0. The van der Waals surface area contributed by atoms with E-state index < -0.39 is 6.04 Å². The summed E-state index contributed by atoms with van der Waals surface area (Å²) in [6.45, 7) is 1.99. The first-order valence-corrected chi connectivity index (χ1v) is 4.69. The molecule has 1 amide bonds. The van der Waals surface area contributed by atoms with E-state index in [1.807, 2.05) is 6.92 Å². The lowest BCUT2D eigenvalue weighted by Gasteiger charge is -2.08. The molecule has 14 heavy (non-hydrogen) atoms. The maximum Gasteiger partial charge on any atom is 0.242 e. The summed E-state index contributed by atoms with van der Waals surface area (Å²) in [5.41, 5.74) is 5.64. The van der Waals surface area contributed by atoms with Gasteiger partial charge in [-0.3, -0.25) is 9.48 Å². The summed E-state index contributed by atoms with van der Waals surface area (Å²) in [6.07, 6.45) is 3.36. The van der Waals surface area contributed by atoms with Crippen molar-refractivity contribution >= 4 is 11.7 Å². The van der Waals surface area contributed by atoms with Crippen molar-refractivity contribution in [3.05, 3.63) is 12.3 Å². The molecule has 0 fully saturated rings. The van der Waals surface area contributed by atoms with Crippen molar-refractivity contribution in [2.24, 2.45) is 12.8 Å². The van der Waals surface area contributed by atoms with Crippen LogP contribution in [0.15, 0.2) is 12.3 Å². The van der Waals surface area contributed by atoms with Gasteiger partial charge in [0.2, 0.25) is 5.91 Å². The molecule has 0 aromatic carbocycles. The van der Waals surface area contributed by atoms with Crippen molar-refractivity contribution in [2.45, 2.75) is 25.8 Å². The smallest absolute Gasteiger partial charge is 0.242 e. The van der Waals surface area contributed by atoms with E-state index in [-0.39, 0.29) is 5.91 Å². The average Bonchev–Trinajstić information content (AvgIpc) is 2.51. The quantitative estimate of drug-likeness (QED) is 0.736. The van der Waals surface area contributed by atoms with Gasteiger partial charge in [0.25, 0.3) is 0 Å². The minimum atomic E-state index is -0.443. The lowest BCUT2D eigenvalue weighted by molar-refractivity contribution is -0.117. The number of carbonyl (C=O) groups excluding carboxylic acids is 1. The number of hydrogen-bond donors (Lipinski definition) is 2. The summed E-state index contributed by atoms with van der Waals surface area (Å²) in [6, 6.07) is 1.29. The Morgan fingerprint density at radius 3 is 3.00 bits per heavy atom. The largest absolute Gasteiger partial charge is 0.320 e. The zero-order chi connectivity index (χ0) is 10.6. The minimum Gasteiger partial charge on any atom is -0.320 e. The van der Waals surface area contributed by atoms with Crippen molar-refractivity contribution in [3.8, 4) is 0 Å². The standard InChI is InChI=1S/C9H16N4O/c1-3-4-7(10)9(14)11-8-5-6-13(2)12-8/h5-7H,3-4,10H2,1-2H3,(H,11,12,14). The number of nitrogens with zero attached hydrogens (tertiary/aromatic N) is 2. The molecule has 1 aromatic rings. The van der Waals surface area contributed by atoms with Crippen LogP contribution in [0.1, 0.15) is 19.8 Å². The Hall–Kier alpha value is -1.36. The molecule has 1 rings (SSSR count). The summed E-state index contributed by atoms with van der Waals surface area (Å²) in [4.78, 5) is 11.4. The molecular formula is C9H16N4O. The number of nitrogens with two attached hydrogens (primary N) is 1. The molecule has 5 nitrogen and oxygen atoms in total. The molecule has 5 heteroatoms. The van der Waals surface area contributed by atoms with Crippen LogP contribution in [0.25, 0.3) is 0 Å². The second-order valence-electron chi connectivity index (χ2n) is 3.26. The van der Waals surface area contributed by atoms with Crippen molar-refractivity contribution in [1.29, 1.82) is 0 Å². The average molecular weight is 196 g/mol. The van der Waals surface area contributed by atoms with Crippen molar-refractivity contribution < 1.29 is 4.79 Å². The Kier molecular flexibility index (Phi) is 3.64. The topological polar surface area (TPSA) is 72.9 Å². The molecule has 0 saturated heterocycles. The molecule has 0 radical (unpaired) electrons. The molecular weight excluding hydrogens is 180 g/mol. The Labute approximate surface area is 83.3 Å². The number of rotatable bonds is 4. The first kappa shape index (κ1) is 10.7. The van der Waals surface area contributed by atoms with E-state index in [1.54, 1.807) is 24.0 Å². The number of carbonyl (C=O) groups is 1. The van der Waals surface area contributed by atoms with Crippen molar-refractivity contribution in [1.82, 2.24) is 9.78 Å². The van der Waals surface area contributed by atoms with E-state index in [9.17, 15) is 4.79 Å². The Balaban J connectivity index is 2.48. The molecule has 0 aliphatic carbocycles. The Bertz CT molecular complexity index is 308. The third kappa shape index (κ3) is 2.85. The molecule has 0 spiro atoms. The van der Waals surface area contributed by atoms with E-state index in [0.717, 1.165) is 6.42 Å². The van der Waals surface area contributed by atoms with Gasteiger partial charge in [-0.05, 0) is 6.42 Å². The predicted octanol–water partition coefficient (Wildman–Crippen LogP) is 0.486. The third-order valence-electron chi connectivity index (χ3n) is 1.90. The number of aryl methyl sites for hydroxylation is 1. The lowest BCUT2D eigenvalue weighted by Crippen LogP contribution is -2.35. The van der Waals surface area contributed by atoms with Gasteiger partial charge in [-0.2, -0.15) is 5.10 Å². The second kappa shape index (κ2) is 4.76. The molecule has 3 N–H and O–H groups in total. The van der Waals surface area contributed by atoms with Crippen LogP contribution < -0.4 is 11.1 Å². The predicted molar refractivity (Wildman–Crippen MR) is 54.7 cm³/mol. The van der Waals surface area contributed by atoms with Gasteiger partial charge in [-0.15, -0.1) is 0 Å². The Morgan fingerprint density at radius 1 is 1.79 bits per heavy atom. The molecule has 1 atom stereocenters. The van der Waals surface area contributed by atoms with E-state index in [1.165, 1.54) is 0 Å². The SMILES string of the molecule is CCCC(N)C(=O)Nc1ccn(C)n1. The highest BCUT2D eigenvalue weighted by molar-refractivity contribution is 5.93. The molecule has 0 saturated carbocycles. The van der Waals surface area contributed by atoms with Gasteiger partial charge in [0.15, 0.2) is 5.82 Å². The zero-order valence-corrected chi connectivity index (χ0v) is 8.53. The fourth-order valence-corrected chi connectivity index (χ4v) is 1.14. The van der Waals surface area contributed by atoms with Gasteiger partial charge in [-0.1, -0.05) is 13.3 Å². The first-order chi connectivity index (χ1) is 6.63. The number of anilines is 1. The van der Waals surface area contributed by atoms with Gasteiger partial charge in [0.1, 0.15) is 0 Å². The van der Waals surface area contributed by atoms with Crippen molar-refractivity contribution in [3.63, 3.8) is 0 Å². The minimum absolute atomic E-state index is 0.175. The summed E-state index contributed by atoms with van der Waals surface area (Å²) in [5, 5.41) is 6.67. The summed E-state index contributed by atoms with van der Waals surface area (Å²) in [5.74, 6) is 0.370. The van der Waals surface area contributed by atoms with Crippen LogP contribution in [0.2, 0.25) is 0 Å². The normalized spacial score (nSPS) is 12.5. The lowest BCUT2D eigenvalue weighted by atomic mass is 10.2. The molecule has 1 unspecified atom stereocenters. The van der Waals surface area contributed by atoms with E-state index in [0.29, 0.717) is 12.2 Å². The summed E-state index contributed by atoms with van der Waals surface area (Å²) in [7, 11) is 1.79. The molecule has 0 bridgehead atoms. The first-order valence-electron chi connectivity index (χ1n) is 4.69. The van der Waals surface area contributed by atoms with E-state index >= 15 is 0 Å². The van der Waals surface area contributed by atoms with E-state index in [2.05, 4.69) is 10.4 Å². The molecule has 0 aliphatic rings. The zero-order valence-electron chi connectivity index (χ0n) is 8.53. The van der Waals surface area contributed by atoms with Crippen molar-refractivity contribution in [2.75, 3.05) is 5.32 Å². The van der Waals surface area contributed by atoms with Gasteiger partial charge >= 0.3 is 0 Å². The molecule has 1 aromatic heterocycles. The summed E-state index contributed by atoms with van der Waals surface area (Å²) < 4.78 is 1.63. The highest BCUT2D eigenvalue weighted by atomic mass is 16.2. The van der Waals surface area contributed by atoms with Gasteiger partial charge in [-0.25, -0.2) is 0 Å². The molecule has 1 heterocycles. The van der Waals surface area contributed by atoms with Crippen LogP contribution in [0.3, 0.4) is 0 Å². The fourth-order valence-electron chi connectivity index (χ4n) is 1.14. The maximum absolute atomic E-state index is 11.4. The fraction of sp³-hybridized carbons (Fsp3) is 0.556. The Morgan fingerprint density at radius 2 is 2.50 bits per heavy atom. The van der Waals surface area contributed by atoms with Gasteiger partial charge in [0, 0.05) is 19.3 Å². The number of aromatic nitrogens is 2. The maximum atomic E-state index is 11.4. The number of nitrogens with one attached hydrogen (secondary N) is 1. The van der Waals surface area contributed by atoms with Crippen LogP contribution in [0.5, 0.6) is 0 Å².